The van der Waals surface area contributed by atoms with Crippen molar-refractivity contribution >= 4 is 9.84 Å². The van der Waals surface area contributed by atoms with Crippen LogP contribution < -0.4 is 4.74 Å². The second-order valence-electron chi connectivity index (χ2n) is 3.14. The van der Waals surface area contributed by atoms with Crippen LogP contribution in [0.25, 0.3) is 0 Å². The zero-order valence-corrected chi connectivity index (χ0v) is 8.10. The Morgan fingerprint density at radius 3 is 2.85 bits per heavy atom. The standard InChI is InChI=1S/C9H10O3S/c1-13(10,11)8-2-3-9-7(6-8)4-5-12-9/h2-3,6H,4-5H2,1H3. The summed E-state index contributed by atoms with van der Waals surface area (Å²) in [4.78, 5) is 0.372. The lowest BCUT2D eigenvalue weighted by Gasteiger charge is -2.01. The Labute approximate surface area is 77.3 Å². The monoisotopic (exact) mass is 198 g/mol. The largest absolute Gasteiger partial charge is 0.493 e. The highest BCUT2D eigenvalue weighted by Gasteiger charge is 2.15. The molecule has 1 aliphatic heterocycles. The highest BCUT2D eigenvalue weighted by atomic mass is 32.2. The number of rotatable bonds is 1. The van der Waals surface area contributed by atoms with Crippen molar-refractivity contribution in [2.24, 2.45) is 0 Å². The van der Waals surface area contributed by atoms with E-state index < -0.39 is 9.84 Å². The quantitative estimate of drug-likeness (QED) is 0.676. The van der Waals surface area contributed by atoms with Gasteiger partial charge in [0.2, 0.25) is 0 Å². The molecular weight excluding hydrogens is 188 g/mol. The van der Waals surface area contributed by atoms with E-state index in [1.54, 1.807) is 18.2 Å². The van der Waals surface area contributed by atoms with Crippen molar-refractivity contribution in [3.63, 3.8) is 0 Å². The lowest BCUT2D eigenvalue weighted by molar-refractivity contribution is 0.356. The molecule has 0 aliphatic carbocycles. The fourth-order valence-corrected chi connectivity index (χ4v) is 2.07. The Kier molecular flexibility index (Phi) is 1.80. The molecule has 2 rings (SSSR count). The second-order valence-corrected chi connectivity index (χ2v) is 5.16. The lowest BCUT2D eigenvalue weighted by atomic mass is 10.2. The van der Waals surface area contributed by atoms with Crippen LogP contribution in [0.15, 0.2) is 23.1 Å². The maximum atomic E-state index is 11.2. The molecule has 3 nitrogen and oxygen atoms in total. The van der Waals surface area contributed by atoms with Crippen molar-refractivity contribution in [1.82, 2.24) is 0 Å². The Hall–Kier alpha value is -1.03. The van der Waals surface area contributed by atoms with Gasteiger partial charge in [-0.3, -0.25) is 0 Å². The molecule has 1 aromatic rings. The first-order chi connectivity index (χ1) is 6.07. The Morgan fingerprint density at radius 2 is 2.15 bits per heavy atom. The zero-order chi connectivity index (χ0) is 9.47. The van der Waals surface area contributed by atoms with Gasteiger partial charge in [-0.05, 0) is 23.8 Å². The SMILES string of the molecule is CS(=O)(=O)c1ccc2c(c1)CCO2. The van der Waals surface area contributed by atoms with Gasteiger partial charge in [0.1, 0.15) is 5.75 Å². The molecule has 1 heterocycles. The van der Waals surface area contributed by atoms with Crippen LogP contribution in [0.4, 0.5) is 0 Å². The van der Waals surface area contributed by atoms with Gasteiger partial charge in [-0.25, -0.2) is 8.42 Å². The first kappa shape index (κ1) is 8.56. The summed E-state index contributed by atoms with van der Waals surface area (Å²) in [5, 5.41) is 0. The number of sulfone groups is 1. The van der Waals surface area contributed by atoms with E-state index in [0.717, 1.165) is 17.7 Å². The third kappa shape index (κ3) is 1.54. The molecule has 0 unspecified atom stereocenters. The summed E-state index contributed by atoms with van der Waals surface area (Å²) in [6.07, 6.45) is 2.02. The van der Waals surface area contributed by atoms with Crippen molar-refractivity contribution in [2.75, 3.05) is 12.9 Å². The number of fused-ring (bicyclic) bond motifs is 1. The van der Waals surface area contributed by atoms with Crippen LogP contribution in [0.2, 0.25) is 0 Å². The number of hydrogen-bond donors (Lipinski definition) is 0. The van der Waals surface area contributed by atoms with Crippen LogP contribution >= 0.6 is 0 Å². The topological polar surface area (TPSA) is 43.4 Å². The predicted molar refractivity (Wildman–Crippen MR) is 48.8 cm³/mol. The van der Waals surface area contributed by atoms with Crippen LogP contribution in [0.1, 0.15) is 5.56 Å². The third-order valence-corrected chi connectivity index (χ3v) is 3.20. The summed E-state index contributed by atoms with van der Waals surface area (Å²) in [6.45, 7) is 0.655. The van der Waals surface area contributed by atoms with Gasteiger partial charge in [0.15, 0.2) is 9.84 Å². The molecular formula is C9H10O3S. The zero-order valence-electron chi connectivity index (χ0n) is 7.28. The molecule has 0 radical (unpaired) electrons. The van der Waals surface area contributed by atoms with Gasteiger partial charge in [0.05, 0.1) is 11.5 Å². The van der Waals surface area contributed by atoms with E-state index in [1.165, 1.54) is 6.26 Å². The van der Waals surface area contributed by atoms with Gasteiger partial charge >= 0.3 is 0 Å². The van der Waals surface area contributed by atoms with Gasteiger partial charge in [0.25, 0.3) is 0 Å². The molecule has 1 aromatic carbocycles. The van der Waals surface area contributed by atoms with E-state index in [4.69, 9.17) is 4.74 Å². The minimum absolute atomic E-state index is 0.372. The summed E-state index contributed by atoms with van der Waals surface area (Å²) in [5.74, 6) is 0.812. The minimum atomic E-state index is -3.08. The molecule has 0 amide bonds. The van der Waals surface area contributed by atoms with Crippen molar-refractivity contribution < 1.29 is 13.2 Å². The van der Waals surface area contributed by atoms with Crippen LogP contribution in [0.5, 0.6) is 5.75 Å². The molecule has 0 aromatic heterocycles. The molecule has 1 aliphatic rings. The minimum Gasteiger partial charge on any atom is -0.493 e. The molecule has 4 heteroatoms. The normalized spacial score (nSPS) is 15.2. The van der Waals surface area contributed by atoms with Gasteiger partial charge in [-0.1, -0.05) is 0 Å². The van der Waals surface area contributed by atoms with Crippen LogP contribution in [-0.2, 0) is 16.3 Å². The van der Waals surface area contributed by atoms with Crippen molar-refractivity contribution in [2.45, 2.75) is 11.3 Å². The van der Waals surface area contributed by atoms with Crippen molar-refractivity contribution in [3.8, 4) is 5.75 Å². The van der Waals surface area contributed by atoms with Gasteiger partial charge in [-0.2, -0.15) is 0 Å². The van der Waals surface area contributed by atoms with E-state index >= 15 is 0 Å². The number of hydrogen-bond acceptors (Lipinski definition) is 3. The summed E-state index contributed by atoms with van der Waals surface area (Å²) < 4.78 is 27.7. The fraction of sp³-hybridized carbons (Fsp3) is 0.333. The van der Waals surface area contributed by atoms with Crippen molar-refractivity contribution in [1.29, 1.82) is 0 Å². The molecule has 0 fully saturated rings. The molecule has 0 spiro atoms. The average molecular weight is 198 g/mol. The van der Waals surface area contributed by atoms with Crippen molar-refractivity contribution in [3.05, 3.63) is 23.8 Å². The Balaban J connectivity index is 2.54. The summed E-state index contributed by atoms with van der Waals surface area (Å²) in [7, 11) is -3.08. The van der Waals surface area contributed by atoms with Gasteiger partial charge in [-0.15, -0.1) is 0 Å². The maximum Gasteiger partial charge on any atom is 0.175 e. The first-order valence-electron chi connectivity index (χ1n) is 4.03. The fourth-order valence-electron chi connectivity index (χ4n) is 1.39. The Morgan fingerprint density at radius 1 is 1.38 bits per heavy atom. The molecule has 0 saturated carbocycles. The molecule has 0 atom stereocenters. The molecule has 0 bridgehead atoms. The summed E-state index contributed by atoms with van der Waals surface area (Å²) >= 11 is 0. The van der Waals surface area contributed by atoms with E-state index in [9.17, 15) is 8.42 Å². The van der Waals surface area contributed by atoms with Gasteiger partial charge < -0.3 is 4.74 Å². The first-order valence-corrected chi connectivity index (χ1v) is 5.92. The van der Waals surface area contributed by atoms with Crippen LogP contribution in [0, 0.1) is 0 Å². The molecule has 0 N–H and O–H groups in total. The van der Waals surface area contributed by atoms with E-state index in [2.05, 4.69) is 0 Å². The Bertz CT molecular complexity index is 434. The van der Waals surface area contributed by atoms with Crippen LogP contribution in [0.3, 0.4) is 0 Å². The number of ether oxygens (including phenoxy) is 1. The average Bonchev–Trinajstić information content (AvgIpc) is 2.47. The highest BCUT2D eigenvalue weighted by molar-refractivity contribution is 7.90. The maximum absolute atomic E-state index is 11.2. The third-order valence-electron chi connectivity index (χ3n) is 2.09. The smallest absolute Gasteiger partial charge is 0.175 e. The number of benzene rings is 1. The second kappa shape index (κ2) is 2.73. The predicted octanol–water partition coefficient (Wildman–Crippen LogP) is 1.03. The lowest BCUT2D eigenvalue weighted by Crippen LogP contribution is -1.97. The molecule has 0 saturated heterocycles. The summed E-state index contributed by atoms with van der Waals surface area (Å²) in [5.41, 5.74) is 0.989. The molecule has 70 valence electrons. The van der Waals surface area contributed by atoms with E-state index in [0.29, 0.717) is 11.5 Å². The van der Waals surface area contributed by atoms with Crippen LogP contribution in [-0.4, -0.2) is 21.3 Å². The van der Waals surface area contributed by atoms with Gasteiger partial charge in [0, 0.05) is 12.7 Å². The van der Waals surface area contributed by atoms with E-state index in [-0.39, 0.29) is 0 Å². The summed E-state index contributed by atoms with van der Waals surface area (Å²) in [6, 6.07) is 5.00. The molecule has 13 heavy (non-hydrogen) atoms. The van der Waals surface area contributed by atoms with E-state index in [1.807, 2.05) is 0 Å². The highest BCUT2D eigenvalue weighted by Crippen LogP contribution is 2.27.